The molecule has 1 amide bonds. The fourth-order valence-corrected chi connectivity index (χ4v) is 2.74. The Morgan fingerprint density at radius 2 is 1.95 bits per heavy atom. The van der Waals surface area contributed by atoms with Crippen molar-refractivity contribution in [2.24, 2.45) is 11.8 Å². The predicted molar refractivity (Wildman–Crippen MR) is 75.6 cm³/mol. The van der Waals surface area contributed by atoms with Crippen LogP contribution in [0.3, 0.4) is 0 Å². The monoisotopic (exact) mass is 261 g/mol. The summed E-state index contributed by atoms with van der Waals surface area (Å²) in [6.07, 6.45) is 3.76. The van der Waals surface area contributed by atoms with E-state index in [4.69, 9.17) is 5.11 Å². The minimum absolute atomic E-state index is 0.131. The molecular formula is C16H23NO2. The van der Waals surface area contributed by atoms with Gasteiger partial charge in [-0.15, -0.1) is 0 Å². The van der Waals surface area contributed by atoms with Crippen LogP contribution in [0.4, 0.5) is 0 Å². The SMILES string of the molecule is Cc1ccccc1CNC(=O)C1CCC(CO)CC1. The number of carbonyl (C=O) groups excluding carboxylic acids is 1. The van der Waals surface area contributed by atoms with Crippen molar-refractivity contribution in [3.05, 3.63) is 35.4 Å². The van der Waals surface area contributed by atoms with Crippen molar-refractivity contribution in [1.29, 1.82) is 0 Å². The van der Waals surface area contributed by atoms with Crippen LogP contribution >= 0.6 is 0 Å². The van der Waals surface area contributed by atoms with Crippen molar-refractivity contribution in [3.63, 3.8) is 0 Å². The Kier molecular flexibility index (Phi) is 4.97. The van der Waals surface area contributed by atoms with Gasteiger partial charge >= 0.3 is 0 Å². The molecule has 0 atom stereocenters. The van der Waals surface area contributed by atoms with Gasteiger partial charge in [0.15, 0.2) is 0 Å². The first-order valence-corrected chi connectivity index (χ1v) is 7.13. The lowest BCUT2D eigenvalue weighted by Gasteiger charge is -2.26. The number of carbonyl (C=O) groups is 1. The highest BCUT2D eigenvalue weighted by atomic mass is 16.3. The van der Waals surface area contributed by atoms with E-state index in [0.717, 1.165) is 25.7 Å². The van der Waals surface area contributed by atoms with E-state index in [1.54, 1.807) is 0 Å². The molecule has 0 aliphatic heterocycles. The first-order chi connectivity index (χ1) is 9.20. The topological polar surface area (TPSA) is 49.3 Å². The Labute approximate surface area is 115 Å². The lowest BCUT2D eigenvalue weighted by atomic mass is 9.82. The van der Waals surface area contributed by atoms with Crippen LogP contribution in [0, 0.1) is 18.8 Å². The molecule has 2 rings (SSSR count). The molecule has 0 bridgehead atoms. The summed E-state index contributed by atoms with van der Waals surface area (Å²) in [5.74, 6) is 0.701. The smallest absolute Gasteiger partial charge is 0.223 e. The van der Waals surface area contributed by atoms with Gasteiger partial charge in [0.2, 0.25) is 5.91 Å². The second kappa shape index (κ2) is 6.71. The van der Waals surface area contributed by atoms with Crippen LogP contribution in [-0.4, -0.2) is 17.6 Å². The predicted octanol–water partition coefficient (Wildman–Crippen LogP) is 2.41. The summed E-state index contributed by atoms with van der Waals surface area (Å²) in [4.78, 5) is 12.1. The maximum atomic E-state index is 12.1. The number of benzene rings is 1. The quantitative estimate of drug-likeness (QED) is 0.874. The zero-order chi connectivity index (χ0) is 13.7. The van der Waals surface area contributed by atoms with Crippen LogP contribution in [-0.2, 0) is 11.3 Å². The van der Waals surface area contributed by atoms with Gasteiger partial charge in [-0.3, -0.25) is 4.79 Å². The second-order valence-electron chi connectivity index (χ2n) is 5.54. The molecule has 104 valence electrons. The molecule has 1 aliphatic rings. The summed E-state index contributed by atoms with van der Waals surface area (Å²) in [5, 5.41) is 12.1. The minimum atomic E-state index is 0.131. The van der Waals surface area contributed by atoms with Crippen molar-refractivity contribution in [1.82, 2.24) is 5.32 Å². The summed E-state index contributed by atoms with van der Waals surface area (Å²) in [7, 11) is 0. The lowest BCUT2D eigenvalue weighted by Crippen LogP contribution is -2.33. The highest BCUT2D eigenvalue weighted by molar-refractivity contribution is 5.78. The number of hydrogen-bond acceptors (Lipinski definition) is 2. The third kappa shape index (κ3) is 3.80. The molecule has 1 aliphatic carbocycles. The van der Waals surface area contributed by atoms with Gasteiger partial charge in [-0.2, -0.15) is 0 Å². The van der Waals surface area contributed by atoms with Crippen LogP contribution in [0.5, 0.6) is 0 Å². The van der Waals surface area contributed by atoms with E-state index >= 15 is 0 Å². The summed E-state index contributed by atoms with van der Waals surface area (Å²) in [6, 6.07) is 8.13. The van der Waals surface area contributed by atoms with Crippen LogP contribution < -0.4 is 5.32 Å². The van der Waals surface area contributed by atoms with Gasteiger partial charge in [0.1, 0.15) is 0 Å². The third-order valence-electron chi connectivity index (χ3n) is 4.19. The number of aliphatic hydroxyl groups is 1. The Balaban J connectivity index is 1.81. The first-order valence-electron chi connectivity index (χ1n) is 7.13. The Bertz CT molecular complexity index is 423. The van der Waals surface area contributed by atoms with Gasteiger partial charge in [0, 0.05) is 19.1 Å². The summed E-state index contributed by atoms with van der Waals surface area (Å²) >= 11 is 0. The summed E-state index contributed by atoms with van der Waals surface area (Å²) < 4.78 is 0. The number of hydrogen-bond donors (Lipinski definition) is 2. The van der Waals surface area contributed by atoms with Crippen molar-refractivity contribution < 1.29 is 9.90 Å². The van der Waals surface area contributed by atoms with E-state index in [9.17, 15) is 4.79 Å². The largest absolute Gasteiger partial charge is 0.396 e. The van der Waals surface area contributed by atoms with Crippen LogP contribution in [0.25, 0.3) is 0 Å². The fourth-order valence-electron chi connectivity index (χ4n) is 2.74. The molecule has 1 aromatic rings. The molecule has 0 spiro atoms. The van der Waals surface area contributed by atoms with Crippen LogP contribution in [0.1, 0.15) is 36.8 Å². The van der Waals surface area contributed by atoms with Crippen molar-refractivity contribution >= 4 is 5.91 Å². The second-order valence-corrected chi connectivity index (χ2v) is 5.54. The van der Waals surface area contributed by atoms with Crippen molar-refractivity contribution in [2.75, 3.05) is 6.61 Å². The highest BCUT2D eigenvalue weighted by Gasteiger charge is 2.25. The average molecular weight is 261 g/mol. The molecule has 3 heteroatoms. The third-order valence-corrected chi connectivity index (χ3v) is 4.19. The highest BCUT2D eigenvalue weighted by Crippen LogP contribution is 2.28. The van der Waals surface area contributed by atoms with E-state index < -0.39 is 0 Å². The molecular weight excluding hydrogens is 238 g/mol. The van der Waals surface area contributed by atoms with E-state index in [1.165, 1.54) is 11.1 Å². The zero-order valence-corrected chi connectivity index (χ0v) is 11.6. The first kappa shape index (κ1) is 14.1. The van der Waals surface area contributed by atoms with E-state index in [2.05, 4.69) is 24.4 Å². The van der Waals surface area contributed by atoms with E-state index in [0.29, 0.717) is 12.5 Å². The number of nitrogens with one attached hydrogen (secondary N) is 1. The maximum absolute atomic E-state index is 12.1. The molecule has 0 aromatic heterocycles. The minimum Gasteiger partial charge on any atom is -0.396 e. The molecule has 0 unspecified atom stereocenters. The van der Waals surface area contributed by atoms with Crippen molar-refractivity contribution in [2.45, 2.75) is 39.2 Å². The number of aryl methyl sites for hydroxylation is 1. The zero-order valence-electron chi connectivity index (χ0n) is 11.6. The number of aliphatic hydroxyl groups excluding tert-OH is 1. The van der Waals surface area contributed by atoms with Gasteiger partial charge in [-0.05, 0) is 49.7 Å². The standard InChI is InChI=1S/C16H23NO2/c1-12-4-2-3-5-15(12)10-17-16(19)14-8-6-13(11-18)7-9-14/h2-5,13-14,18H,6-11H2,1H3,(H,17,19). The molecule has 1 aromatic carbocycles. The maximum Gasteiger partial charge on any atom is 0.223 e. The summed E-state index contributed by atoms with van der Waals surface area (Å²) in [6.45, 7) is 2.94. The molecule has 0 radical (unpaired) electrons. The number of amides is 1. The van der Waals surface area contributed by atoms with Gasteiger partial charge in [0.05, 0.1) is 0 Å². The van der Waals surface area contributed by atoms with Gasteiger partial charge in [-0.25, -0.2) is 0 Å². The molecule has 1 fully saturated rings. The normalized spacial score (nSPS) is 23.1. The van der Waals surface area contributed by atoms with Gasteiger partial charge in [-0.1, -0.05) is 24.3 Å². The van der Waals surface area contributed by atoms with Crippen LogP contribution in [0.2, 0.25) is 0 Å². The van der Waals surface area contributed by atoms with Gasteiger partial charge < -0.3 is 10.4 Å². The van der Waals surface area contributed by atoms with E-state index in [1.807, 2.05) is 12.1 Å². The number of rotatable bonds is 4. The molecule has 0 heterocycles. The molecule has 19 heavy (non-hydrogen) atoms. The molecule has 0 saturated heterocycles. The fraction of sp³-hybridized carbons (Fsp3) is 0.562. The van der Waals surface area contributed by atoms with Crippen LogP contribution in [0.15, 0.2) is 24.3 Å². The Hall–Kier alpha value is -1.35. The Morgan fingerprint density at radius 1 is 1.26 bits per heavy atom. The van der Waals surface area contributed by atoms with Crippen molar-refractivity contribution in [3.8, 4) is 0 Å². The van der Waals surface area contributed by atoms with E-state index in [-0.39, 0.29) is 18.4 Å². The molecule has 1 saturated carbocycles. The Morgan fingerprint density at radius 3 is 2.58 bits per heavy atom. The van der Waals surface area contributed by atoms with Gasteiger partial charge in [0.25, 0.3) is 0 Å². The summed E-state index contributed by atoms with van der Waals surface area (Å²) in [5.41, 5.74) is 2.40. The average Bonchev–Trinajstić information content (AvgIpc) is 2.46. The molecule has 2 N–H and O–H groups in total. The molecule has 3 nitrogen and oxygen atoms in total. The lowest BCUT2D eigenvalue weighted by molar-refractivity contribution is -0.126.